The largest absolute Gasteiger partial charge is 0.490 e. The topological polar surface area (TPSA) is 79.9 Å². The molecule has 8 heteroatoms. The van der Waals surface area contributed by atoms with Gasteiger partial charge in [-0.15, -0.1) is 0 Å². The Morgan fingerprint density at radius 3 is 2.71 bits per heavy atom. The number of anilines is 3. The molecule has 0 aromatic heterocycles. The maximum atomic E-state index is 12.8. The van der Waals surface area contributed by atoms with Crippen molar-refractivity contribution in [2.75, 3.05) is 42.3 Å². The molecule has 2 aromatic rings. The second-order valence-corrected chi connectivity index (χ2v) is 7.14. The second kappa shape index (κ2) is 7.59. The molecule has 0 saturated carbocycles. The number of nitrogens with zero attached hydrogens (tertiary/aromatic N) is 1. The van der Waals surface area contributed by atoms with E-state index in [9.17, 15) is 9.59 Å². The van der Waals surface area contributed by atoms with Gasteiger partial charge in [0.05, 0.1) is 35.3 Å². The molecular weight excluding hydrogens is 382 g/mol. The summed E-state index contributed by atoms with van der Waals surface area (Å²) in [5, 5.41) is 6.02. The number of benzene rings is 2. The lowest BCUT2D eigenvalue weighted by Crippen LogP contribution is -2.18. The highest BCUT2D eigenvalue weighted by atomic mass is 35.5. The number of carbonyl (C=O) groups is 2. The summed E-state index contributed by atoms with van der Waals surface area (Å²) in [4.78, 5) is 26.6. The minimum Gasteiger partial charge on any atom is -0.490 e. The van der Waals surface area contributed by atoms with Crippen LogP contribution < -0.4 is 25.0 Å². The fourth-order valence-corrected chi connectivity index (χ4v) is 3.39. The van der Waals surface area contributed by atoms with Crippen LogP contribution in [0.15, 0.2) is 30.3 Å². The van der Waals surface area contributed by atoms with Gasteiger partial charge < -0.3 is 25.0 Å². The number of rotatable bonds is 2. The second-order valence-electron chi connectivity index (χ2n) is 6.74. The van der Waals surface area contributed by atoms with Gasteiger partial charge in [0.25, 0.3) is 5.91 Å². The molecule has 0 spiro atoms. The lowest BCUT2D eigenvalue weighted by atomic mass is 10.1. The molecule has 0 fully saturated rings. The molecule has 2 aliphatic rings. The van der Waals surface area contributed by atoms with Crippen LogP contribution in [0.1, 0.15) is 23.2 Å². The fourth-order valence-electron chi connectivity index (χ4n) is 3.19. The summed E-state index contributed by atoms with van der Waals surface area (Å²) in [5.41, 5.74) is 2.34. The summed E-state index contributed by atoms with van der Waals surface area (Å²) in [6, 6.07) is 8.52. The molecule has 2 heterocycles. The van der Waals surface area contributed by atoms with Crippen molar-refractivity contribution in [1.29, 1.82) is 0 Å². The van der Waals surface area contributed by atoms with E-state index in [4.69, 9.17) is 21.1 Å². The van der Waals surface area contributed by atoms with E-state index in [-0.39, 0.29) is 11.8 Å². The Hall–Kier alpha value is -2.93. The van der Waals surface area contributed by atoms with Gasteiger partial charge in [-0.05, 0) is 18.2 Å². The van der Waals surface area contributed by atoms with Crippen molar-refractivity contribution < 1.29 is 19.1 Å². The Balaban J connectivity index is 1.59. The van der Waals surface area contributed by atoms with Crippen molar-refractivity contribution in [3.05, 3.63) is 40.9 Å². The van der Waals surface area contributed by atoms with Gasteiger partial charge in [0.15, 0.2) is 11.5 Å². The van der Waals surface area contributed by atoms with Gasteiger partial charge in [-0.1, -0.05) is 11.6 Å². The van der Waals surface area contributed by atoms with Crippen molar-refractivity contribution in [2.45, 2.75) is 12.8 Å². The SMILES string of the molecule is CN1CCC(=O)Nc2cc(C(=O)Nc3cc4c(cc3Cl)OCCCO4)ccc21. The minimum atomic E-state index is -0.333. The number of halogens is 1. The van der Waals surface area contributed by atoms with Gasteiger partial charge in [0.2, 0.25) is 5.91 Å². The quantitative estimate of drug-likeness (QED) is 0.804. The van der Waals surface area contributed by atoms with Gasteiger partial charge in [0.1, 0.15) is 0 Å². The number of ether oxygens (including phenoxy) is 2. The third-order valence-electron chi connectivity index (χ3n) is 4.70. The maximum Gasteiger partial charge on any atom is 0.255 e. The summed E-state index contributed by atoms with van der Waals surface area (Å²) in [5.74, 6) is 0.707. The van der Waals surface area contributed by atoms with Crippen LogP contribution in [0.4, 0.5) is 17.1 Å². The van der Waals surface area contributed by atoms with E-state index in [1.54, 1.807) is 24.3 Å². The van der Waals surface area contributed by atoms with Crippen molar-refractivity contribution in [3.8, 4) is 11.5 Å². The first-order chi connectivity index (χ1) is 13.5. The molecule has 0 saturated heterocycles. The van der Waals surface area contributed by atoms with Crippen LogP contribution in [0.25, 0.3) is 0 Å². The van der Waals surface area contributed by atoms with Crippen molar-refractivity contribution in [3.63, 3.8) is 0 Å². The van der Waals surface area contributed by atoms with Gasteiger partial charge >= 0.3 is 0 Å². The Morgan fingerprint density at radius 1 is 1.18 bits per heavy atom. The predicted octanol–water partition coefficient (Wildman–Crippen LogP) is 3.53. The molecule has 2 amide bonds. The average Bonchev–Trinajstić information content (AvgIpc) is 2.98. The molecule has 0 radical (unpaired) electrons. The summed E-state index contributed by atoms with van der Waals surface area (Å²) in [6.45, 7) is 1.72. The highest BCUT2D eigenvalue weighted by Gasteiger charge is 2.20. The highest BCUT2D eigenvalue weighted by Crippen LogP contribution is 2.38. The summed E-state index contributed by atoms with van der Waals surface area (Å²) in [7, 11) is 1.91. The zero-order chi connectivity index (χ0) is 19.7. The van der Waals surface area contributed by atoms with Crippen LogP contribution in [0.3, 0.4) is 0 Å². The molecule has 2 aromatic carbocycles. The first kappa shape index (κ1) is 18.4. The first-order valence-corrected chi connectivity index (χ1v) is 9.44. The Morgan fingerprint density at radius 2 is 1.93 bits per heavy atom. The highest BCUT2D eigenvalue weighted by molar-refractivity contribution is 6.34. The van der Waals surface area contributed by atoms with E-state index in [1.807, 2.05) is 18.0 Å². The molecule has 0 aliphatic carbocycles. The van der Waals surface area contributed by atoms with E-state index >= 15 is 0 Å². The van der Waals surface area contributed by atoms with Crippen LogP contribution in [-0.4, -0.2) is 38.6 Å². The molecular formula is C20H20ClN3O4. The molecule has 2 N–H and O–H groups in total. The minimum absolute atomic E-state index is 0.0749. The molecule has 28 heavy (non-hydrogen) atoms. The molecule has 0 bridgehead atoms. The Labute approximate surface area is 167 Å². The van der Waals surface area contributed by atoms with Crippen molar-refractivity contribution in [1.82, 2.24) is 0 Å². The van der Waals surface area contributed by atoms with Crippen LogP contribution in [0.2, 0.25) is 5.02 Å². The fraction of sp³-hybridized carbons (Fsp3) is 0.300. The van der Waals surface area contributed by atoms with E-state index in [0.29, 0.717) is 59.6 Å². The lowest BCUT2D eigenvalue weighted by molar-refractivity contribution is -0.115. The molecule has 0 unspecified atom stereocenters. The summed E-state index contributed by atoms with van der Waals surface area (Å²) >= 11 is 6.31. The number of hydrogen-bond acceptors (Lipinski definition) is 5. The normalized spacial score (nSPS) is 15.8. The van der Waals surface area contributed by atoms with Gasteiger partial charge in [-0.3, -0.25) is 9.59 Å². The monoisotopic (exact) mass is 401 g/mol. The lowest BCUT2D eigenvalue weighted by Gasteiger charge is -2.19. The van der Waals surface area contributed by atoms with Crippen LogP contribution in [0.5, 0.6) is 11.5 Å². The molecule has 4 rings (SSSR count). The Bertz CT molecular complexity index is 947. The van der Waals surface area contributed by atoms with Crippen molar-refractivity contribution in [2.24, 2.45) is 0 Å². The van der Waals surface area contributed by atoms with E-state index in [1.165, 1.54) is 0 Å². The van der Waals surface area contributed by atoms with E-state index in [0.717, 1.165) is 12.1 Å². The smallest absolute Gasteiger partial charge is 0.255 e. The molecule has 146 valence electrons. The zero-order valence-electron chi connectivity index (χ0n) is 15.4. The first-order valence-electron chi connectivity index (χ1n) is 9.07. The molecule has 0 atom stereocenters. The zero-order valence-corrected chi connectivity index (χ0v) is 16.1. The third-order valence-corrected chi connectivity index (χ3v) is 5.02. The average molecular weight is 402 g/mol. The summed E-state index contributed by atoms with van der Waals surface area (Å²) < 4.78 is 11.3. The van der Waals surface area contributed by atoms with Crippen LogP contribution in [-0.2, 0) is 4.79 Å². The molecule has 7 nitrogen and oxygen atoms in total. The van der Waals surface area contributed by atoms with E-state index < -0.39 is 0 Å². The number of fused-ring (bicyclic) bond motifs is 2. The standard InChI is InChI=1S/C20H20ClN3O4/c1-24-6-5-19(25)22-15-9-12(3-4-16(15)24)20(26)23-14-11-18-17(10-13(14)21)27-7-2-8-28-18/h3-4,9-11H,2,5-8H2,1H3,(H,22,25)(H,23,26). The summed E-state index contributed by atoms with van der Waals surface area (Å²) in [6.07, 6.45) is 1.18. The molecule has 2 aliphatic heterocycles. The third kappa shape index (κ3) is 3.71. The number of nitrogens with one attached hydrogen (secondary N) is 2. The Kier molecular flexibility index (Phi) is 5.00. The van der Waals surface area contributed by atoms with Gasteiger partial charge in [-0.25, -0.2) is 0 Å². The van der Waals surface area contributed by atoms with E-state index in [2.05, 4.69) is 10.6 Å². The maximum absolute atomic E-state index is 12.8. The van der Waals surface area contributed by atoms with Crippen LogP contribution >= 0.6 is 11.6 Å². The number of amides is 2. The van der Waals surface area contributed by atoms with Gasteiger partial charge in [-0.2, -0.15) is 0 Å². The van der Waals surface area contributed by atoms with Crippen LogP contribution in [0, 0.1) is 0 Å². The van der Waals surface area contributed by atoms with Gasteiger partial charge in [0, 0.05) is 44.1 Å². The number of carbonyl (C=O) groups excluding carboxylic acids is 2. The predicted molar refractivity (Wildman–Crippen MR) is 108 cm³/mol. The number of hydrogen-bond donors (Lipinski definition) is 2. The van der Waals surface area contributed by atoms with Crippen molar-refractivity contribution >= 4 is 40.5 Å².